The van der Waals surface area contributed by atoms with E-state index in [2.05, 4.69) is 23.6 Å². The maximum absolute atomic E-state index is 9.55. The lowest BCUT2D eigenvalue weighted by Gasteiger charge is -2.08. The van der Waals surface area contributed by atoms with E-state index in [0.717, 1.165) is 40.0 Å². The lowest BCUT2D eigenvalue weighted by atomic mass is 10.1. The van der Waals surface area contributed by atoms with Crippen LogP contribution in [-0.2, 0) is 6.54 Å². The summed E-state index contributed by atoms with van der Waals surface area (Å²) in [5, 5.41) is 10.6. The van der Waals surface area contributed by atoms with Crippen LogP contribution in [0.15, 0.2) is 48.5 Å². The SMILES string of the molecule is CCn1c(-c2ccc(N)cc2)c(C#N)c2ccccc21. The molecule has 3 rings (SSSR count). The fraction of sp³-hybridized carbons (Fsp3) is 0.118. The molecule has 0 aliphatic rings. The molecule has 1 heterocycles. The number of nitriles is 1. The molecule has 0 fully saturated rings. The van der Waals surface area contributed by atoms with Gasteiger partial charge in [-0.05, 0) is 30.7 Å². The molecule has 0 saturated heterocycles. The summed E-state index contributed by atoms with van der Waals surface area (Å²) in [4.78, 5) is 0. The average molecular weight is 261 g/mol. The number of nitrogen functional groups attached to an aromatic ring is 1. The summed E-state index contributed by atoms with van der Waals surface area (Å²) in [5.74, 6) is 0. The van der Waals surface area contributed by atoms with Gasteiger partial charge in [-0.3, -0.25) is 0 Å². The van der Waals surface area contributed by atoms with Gasteiger partial charge in [0.15, 0.2) is 0 Å². The van der Waals surface area contributed by atoms with E-state index in [-0.39, 0.29) is 0 Å². The minimum absolute atomic E-state index is 0.728. The molecule has 1 aromatic heterocycles. The summed E-state index contributed by atoms with van der Waals surface area (Å²) >= 11 is 0. The van der Waals surface area contributed by atoms with Crippen molar-refractivity contribution < 1.29 is 0 Å². The number of nitrogens with two attached hydrogens (primary N) is 1. The van der Waals surface area contributed by atoms with Crippen molar-refractivity contribution in [3.8, 4) is 17.3 Å². The highest BCUT2D eigenvalue weighted by atomic mass is 15.0. The Bertz CT molecular complexity index is 805. The fourth-order valence-electron chi connectivity index (χ4n) is 2.69. The van der Waals surface area contributed by atoms with Crippen LogP contribution in [0.1, 0.15) is 12.5 Å². The predicted molar refractivity (Wildman–Crippen MR) is 82.2 cm³/mol. The van der Waals surface area contributed by atoms with Crippen LogP contribution >= 0.6 is 0 Å². The Hall–Kier alpha value is -2.73. The summed E-state index contributed by atoms with van der Waals surface area (Å²) in [5.41, 5.74) is 10.3. The van der Waals surface area contributed by atoms with E-state index < -0.39 is 0 Å². The van der Waals surface area contributed by atoms with Crippen LogP contribution in [0.5, 0.6) is 0 Å². The molecule has 20 heavy (non-hydrogen) atoms. The normalized spacial score (nSPS) is 10.6. The summed E-state index contributed by atoms with van der Waals surface area (Å²) in [7, 11) is 0. The van der Waals surface area contributed by atoms with Gasteiger partial charge < -0.3 is 10.3 Å². The van der Waals surface area contributed by atoms with Crippen molar-refractivity contribution in [3.05, 3.63) is 54.1 Å². The fourth-order valence-corrected chi connectivity index (χ4v) is 2.69. The van der Waals surface area contributed by atoms with Gasteiger partial charge in [0.25, 0.3) is 0 Å². The Morgan fingerprint density at radius 1 is 1.10 bits per heavy atom. The molecule has 0 radical (unpaired) electrons. The number of benzene rings is 2. The van der Waals surface area contributed by atoms with Gasteiger partial charge in [-0.1, -0.05) is 30.3 Å². The number of rotatable bonds is 2. The van der Waals surface area contributed by atoms with Crippen molar-refractivity contribution in [2.75, 3.05) is 5.73 Å². The number of anilines is 1. The lowest BCUT2D eigenvalue weighted by Crippen LogP contribution is -1.97. The second kappa shape index (κ2) is 4.75. The van der Waals surface area contributed by atoms with E-state index in [0.29, 0.717) is 0 Å². The minimum Gasteiger partial charge on any atom is -0.399 e. The number of fused-ring (bicyclic) bond motifs is 1. The van der Waals surface area contributed by atoms with Gasteiger partial charge in [-0.2, -0.15) is 5.26 Å². The molecule has 98 valence electrons. The Balaban J connectivity index is 2.39. The van der Waals surface area contributed by atoms with E-state index in [4.69, 9.17) is 5.73 Å². The van der Waals surface area contributed by atoms with Crippen molar-refractivity contribution >= 4 is 16.6 Å². The molecule has 0 saturated carbocycles. The van der Waals surface area contributed by atoms with Gasteiger partial charge in [0.05, 0.1) is 11.3 Å². The van der Waals surface area contributed by atoms with Crippen LogP contribution in [0.2, 0.25) is 0 Å². The maximum Gasteiger partial charge on any atom is 0.102 e. The molecule has 0 bridgehead atoms. The van der Waals surface area contributed by atoms with Crippen LogP contribution < -0.4 is 5.73 Å². The number of para-hydroxylation sites is 1. The topological polar surface area (TPSA) is 54.7 Å². The van der Waals surface area contributed by atoms with Gasteiger partial charge in [0.2, 0.25) is 0 Å². The van der Waals surface area contributed by atoms with Gasteiger partial charge in [-0.25, -0.2) is 0 Å². The van der Waals surface area contributed by atoms with Gasteiger partial charge in [0.1, 0.15) is 6.07 Å². The molecule has 3 aromatic rings. The van der Waals surface area contributed by atoms with E-state index in [1.165, 1.54) is 0 Å². The first kappa shape index (κ1) is 12.3. The lowest BCUT2D eigenvalue weighted by molar-refractivity contribution is 0.804. The second-order valence-corrected chi connectivity index (χ2v) is 4.72. The Labute approximate surface area is 117 Å². The first-order chi connectivity index (χ1) is 9.76. The monoisotopic (exact) mass is 261 g/mol. The van der Waals surface area contributed by atoms with Crippen LogP contribution in [-0.4, -0.2) is 4.57 Å². The van der Waals surface area contributed by atoms with Crippen LogP contribution in [0.4, 0.5) is 5.69 Å². The zero-order valence-electron chi connectivity index (χ0n) is 11.3. The third kappa shape index (κ3) is 1.74. The number of aromatic nitrogens is 1. The van der Waals surface area contributed by atoms with E-state index in [9.17, 15) is 5.26 Å². The third-order valence-corrected chi connectivity index (χ3v) is 3.58. The minimum atomic E-state index is 0.728. The Morgan fingerprint density at radius 2 is 1.80 bits per heavy atom. The summed E-state index contributed by atoms with van der Waals surface area (Å²) in [6.45, 7) is 2.91. The molecule has 0 atom stereocenters. The molecule has 3 nitrogen and oxygen atoms in total. The zero-order valence-corrected chi connectivity index (χ0v) is 11.3. The highest BCUT2D eigenvalue weighted by Crippen LogP contribution is 2.33. The second-order valence-electron chi connectivity index (χ2n) is 4.72. The number of aryl methyl sites for hydroxylation is 1. The molecule has 2 N–H and O–H groups in total. The first-order valence-corrected chi connectivity index (χ1v) is 6.63. The van der Waals surface area contributed by atoms with Crippen LogP contribution in [0, 0.1) is 11.3 Å². The van der Waals surface area contributed by atoms with Crippen molar-refractivity contribution in [2.45, 2.75) is 13.5 Å². The van der Waals surface area contributed by atoms with Gasteiger partial charge in [0, 0.05) is 23.1 Å². The van der Waals surface area contributed by atoms with Crippen LogP contribution in [0.3, 0.4) is 0 Å². The van der Waals surface area contributed by atoms with Crippen LogP contribution in [0.25, 0.3) is 22.2 Å². The van der Waals surface area contributed by atoms with Crippen molar-refractivity contribution in [1.29, 1.82) is 5.26 Å². The third-order valence-electron chi connectivity index (χ3n) is 3.58. The molecule has 0 unspecified atom stereocenters. The predicted octanol–water partition coefficient (Wildman–Crippen LogP) is 3.78. The van der Waals surface area contributed by atoms with E-state index in [1.807, 2.05) is 42.5 Å². The van der Waals surface area contributed by atoms with Crippen molar-refractivity contribution in [1.82, 2.24) is 4.57 Å². The highest BCUT2D eigenvalue weighted by Gasteiger charge is 2.17. The maximum atomic E-state index is 9.55. The Kier molecular flexibility index (Phi) is 2.92. The smallest absolute Gasteiger partial charge is 0.102 e. The number of hydrogen-bond acceptors (Lipinski definition) is 2. The average Bonchev–Trinajstić information content (AvgIpc) is 2.81. The quantitative estimate of drug-likeness (QED) is 0.714. The highest BCUT2D eigenvalue weighted by molar-refractivity contribution is 5.94. The summed E-state index contributed by atoms with van der Waals surface area (Å²) < 4.78 is 2.18. The molecule has 3 heteroatoms. The molecular weight excluding hydrogens is 246 g/mol. The zero-order chi connectivity index (χ0) is 14.1. The van der Waals surface area contributed by atoms with Crippen molar-refractivity contribution in [3.63, 3.8) is 0 Å². The van der Waals surface area contributed by atoms with E-state index in [1.54, 1.807) is 0 Å². The molecule has 0 amide bonds. The number of hydrogen-bond donors (Lipinski definition) is 1. The number of nitrogens with zero attached hydrogens (tertiary/aromatic N) is 2. The van der Waals surface area contributed by atoms with Gasteiger partial charge in [-0.15, -0.1) is 0 Å². The standard InChI is InChI=1S/C17H15N3/c1-2-20-16-6-4-3-5-14(16)15(11-18)17(20)12-7-9-13(19)10-8-12/h3-10H,2,19H2,1H3. The summed E-state index contributed by atoms with van der Waals surface area (Å²) in [6.07, 6.45) is 0. The molecule has 0 aliphatic heterocycles. The molecule has 0 aliphatic carbocycles. The summed E-state index contributed by atoms with van der Waals surface area (Å²) in [6, 6.07) is 18.1. The Morgan fingerprint density at radius 3 is 2.45 bits per heavy atom. The molecular formula is C17H15N3. The molecule has 2 aromatic carbocycles. The van der Waals surface area contributed by atoms with E-state index >= 15 is 0 Å². The molecule has 0 spiro atoms. The first-order valence-electron chi connectivity index (χ1n) is 6.63. The van der Waals surface area contributed by atoms with Gasteiger partial charge >= 0.3 is 0 Å². The largest absolute Gasteiger partial charge is 0.399 e. The van der Waals surface area contributed by atoms with Crippen molar-refractivity contribution in [2.24, 2.45) is 0 Å².